The monoisotopic (exact) mass is 274 g/mol. The first-order valence-corrected chi connectivity index (χ1v) is 5.88. The van der Waals surface area contributed by atoms with Crippen LogP contribution in [0.2, 0.25) is 0 Å². The van der Waals surface area contributed by atoms with Gasteiger partial charge in [0.25, 0.3) is 0 Å². The van der Waals surface area contributed by atoms with E-state index in [9.17, 15) is 18.0 Å². The number of nitrogens with zero attached hydrogens (tertiary/aromatic N) is 2. The third-order valence-electron chi connectivity index (χ3n) is 2.95. The van der Waals surface area contributed by atoms with Gasteiger partial charge in [0.1, 0.15) is 17.5 Å². The van der Waals surface area contributed by atoms with Crippen LogP contribution in [-0.2, 0) is 11.0 Å². The van der Waals surface area contributed by atoms with Crippen LogP contribution in [0.4, 0.5) is 13.2 Å². The van der Waals surface area contributed by atoms with Gasteiger partial charge in [-0.2, -0.15) is 13.2 Å². The highest BCUT2D eigenvalue weighted by Gasteiger charge is 2.33. The van der Waals surface area contributed by atoms with Gasteiger partial charge in [-0.05, 0) is 6.07 Å². The zero-order valence-electron chi connectivity index (χ0n) is 10.1. The van der Waals surface area contributed by atoms with Crippen molar-refractivity contribution in [3.63, 3.8) is 0 Å². The fraction of sp³-hybridized carbons (Fsp3) is 0.500. The van der Waals surface area contributed by atoms with Crippen LogP contribution in [0.1, 0.15) is 18.5 Å². The lowest BCUT2D eigenvalue weighted by Gasteiger charge is -2.29. The van der Waals surface area contributed by atoms with Gasteiger partial charge in [-0.1, -0.05) is 0 Å². The molecule has 104 valence electrons. The average molecular weight is 274 g/mol. The molecule has 4 nitrogen and oxygen atoms in total. The van der Waals surface area contributed by atoms with Gasteiger partial charge in [-0.25, -0.2) is 0 Å². The van der Waals surface area contributed by atoms with E-state index in [0.717, 1.165) is 18.7 Å². The number of aromatic nitrogens is 1. The van der Waals surface area contributed by atoms with Crippen molar-refractivity contribution in [2.45, 2.75) is 25.1 Å². The van der Waals surface area contributed by atoms with Crippen molar-refractivity contribution in [2.24, 2.45) is 0 Å². The van der Waals surface area contributed by atoms with Crippen LogP contribution in [0.25, 0.3) is 0 Å². The Bertz CT molecular complexity index is 443. The second-order valence-corrected chi connectivity index (χ2v) is 4.33. The predicted molar refractivity (Wildman–Crippen MR) is 60.5 cm³/mol. The molecule has 1 aliphatic heterocycles. The molecule has 0 spiro atoms. The third-order valence-corrected chi connectivity index (χ3v) is 2.95. The molecule has 0 aliphatic carbocycles. The molecule has 0 radical (unpaired) electrons. The summed E-state index contributed by atoms with van der Waals surface area (Å²) in [6.45, 7) is 1.12. The number of ether oxygens (including phenoxy) is 1. The number of alkyl halides is 3. The van der Waals surface area contributed by atoms with E-state index in [2.05, 4.69) is 4.98 Å². The number of likely N-dealkylation sites (tertiary alicyclic amines) is 1. The minimum absolute atomic E-state index is 0.159. The average Bonchev–Trinajstić information content (AvgIpc) is 2.39. The molecule has 1 aromatic rings. The lowest BCUT2D eigenvalue weighted by atomic mass is 10.1. The van der Waals surface area contributed by atoms with Crippen molar-refractivity contribution in [1.29, 1.82) is 0 Å². The molecule has 0 saturated carbocycles. The number of piperidine rings is 1. The van der Waals surface area contributed by atoms with Crippen molar-refractivity contribution >= 4 is 6.41 Å². The van der Waals surface area contributed by atoms with Gasteiger partial charge >= 0.3 is 6.18 Å². The molecule has 19 heavy (non-hydrogen) atoms. The molecule has 0 N–H and O–H groups in total. The molecule has 1 saturated heterocycles. The third kappa shape index (κ3) is 3.59. The lowest BCUT2D eigenvalue weighted by Crippen LogP contribution is -2.37. The quantitative estimate of drug-likeness (QED) is 0.793. The van der Waals surface area contributed by atoms with Gasteiger partial charge in [0.2, 0.25) is 6.41 Å². The Kier molecular flexibility index (Phi) is 3.92. The number of hydrogen-bond donors (Lipinski definition) is 0. The number of carbonyl (C=O) groups excluding carboxylic acids is 1. The van der Waals surface area contributed by atoms with Gasteiger partial charge in [-0.3, -0.25) is 9.78 Å². The summed E-state index contributed by atoms with van der Waals surface area (Å²) in [6.07, 6.45) is -1.56. The van der Waals surface area contributed by atoms with Crippen molar-refractivity contribution in [3.05, 3.63) is 24.0 Å². The van der Waals surface area contributed by atoms with E-state index in [1.165, 1.54) is 6.07 Å². The van der Waals surface area contributed by atoms with E-state index >= 15 is 0 Å². The summed E-state index contributed by atoms with van der Waals surface area (Å²) in [6, 6.07) is 2.30. The summed E-state index contributed by atoms with van der Waals surface area (Å²) in [5.41, 5.74) is -0.963. The Labute approximate surface area is 108 Å². The molecule has 2 rings (SSSR count). The normalized spacial score (nSPS) is 17.3. The van der Waals surface area contributed by atoms with Crippen LogP contribution in [-0.4, -0.2) is 35.5 Å². The van der Waals surface area contributed by atoms with E-state index < -0.39 is 11.9 Å². The molecule has 0 unspecified atom stereocenters. The van der Waals surface area contributed by atoms with Gasteiger partial charge < -0.3 is 9.64 Å². The largest absolute Gasteiger partial charge is 0.490 e. The summed E-state index contributed by atoms with van der Waals surface area (Å²) < 4.78 is 42.9. The SMILES string of the molecule is O=CN1CCC(Oc2ccnc(C(F)(F)F)c2)CC1. The number of hydrogen-bond acceptors (Lipinski definition) is 3. The molecule has 1 amide bonds. The van der Waals surface area contributed by atoms with Crippen LogP contribution in [0.5, 0.6) is 5.75 Å². The smallest absolute Gasteiger partial charge is 0.433 e. The minimum Gasteiger partial charge on any atom is -0.490 e. The highest BCUT2D eigenvalue weighted by Crippen LogP contribution is 2.30. The first-order chi connectivity index (χ1) is 8.99. The fourth-order valence-corrected chi connectivity index (χ4v) is 1.93. The first-order valence-electron chi connectivity index (χ1n) is 5.88. The van der Waals surface area contributed by atoms with Crippen molar-refractivity contribution in [2.75, 3.05) is 13.1 Å². The van der Waals surface area contributed by atoms with E-state index in [1.54, 1.807) is 4.90 Å². The van der Waals surface area contributed by atoms with E-state index in [0.29, 0.717) is 25.9 Å². The lowest BCUT2D eigenvalue weighted by molar-refractivity contribution is -0.141. The fourth-order valence-electron chi connectivity index (χ4n) is 1.93. The zero-order valence-corrected chi connectivity index (χ0v) is 10.1. The highest BCUT2D eigenvalue weighted by atomic mass is 19.4. The number of amides is 1. The summed E-state index contributed by atoms with van der Waals surface area (Å²) >= 11 is 0. The summed E-state index contributed by atoms with van der Waals surface area (Å²) in [5, 5.41) is 0. The number of carbonyl (C=O) groups is 1. The van der Waals surface area contributed by atoms with Crippen LogP contribution < -0.4 is 4.74 Å². The maximum atomic E-state index is 12.5. The van der Waals surface area contributed by atoms with E-state index in [-0.39, 0.29) is 11.9 Å². The van der Waals surface area contributed by atoms with Gasteiger partial charge in [0.05, 0.1) is 0 Å². The first kappa shape index (κ1) is 13.6. The molecule has 1 aliphatic rings. The number of pyridine rings is 1. The molecular formula is C12H13F3N2O2. The van der Waals surface area contributed by atoms with Crippen molar-refractivity contribution in [3.8, 4) is 5.75 Å². The Morgan fingerprint density at radius 2 is 2.05 bits per heavy atom. The molecule has 0 atom stereocenters. The second kappa shape index (κ2) is 5.46. The molecule has 1 aromatic heterocycles. The Morgan fingerprint density at radius 1 is 1.37 bits per heavy atom. The molecule has 2 heterocycles. The van der Waals surface area contributed by atoms with Crippen LogP contribution in [0.15, 0.2) is 18.3 Å². The standard InChI is InChI=1S/C12H13F3N2O2/c13-12(14,15)11-7-10(1-4-16-11)19-9-2-5-17(8-18)6-3-9/h1,4,7-9H,2-3,5-6H2. The van der Waals surface area contributed by atoms with E-state index in [1.807, 2.05) is 0 Å². The molecule has 1 fully saturated rings. The zero-order chi connectivity index (χ0) is 13.9. The van der Waals surface area contributed by atoms with E-state index in [4.69, 9.17) is 4.74 Å². The predicted octanol–water partition coefficient (Wildman–Crippen LogP) is 2.10. The minimum atomic E-state index is -4.47. The van der Waals surface area contributed by atoms with Gasteiger partial charge in [0.15, 0.2) is 0 Å². The number of halogens is 3. The Balaban J connectivity index is 1.98. The van der Waals surface area contributed by atoms with Crippen molar-refractivity contribution in [1.82, 2.24) is 9.88 Å². The number of rotatable bonds is 3. The van der Waals surface area contributed by atoms with Crippen molar-refractivity contribution < 1.29 is 22.7 Å². The molecule has 0 bridgehead atoms. The summed E-state index contributed by atoms with van der Waals surface area (Å²) in [4.78, 5) is 15.4. The van der Waals surface area contributed by atoms with Crippen LogP contribution in [0, 0.1) is 0 Å². The molecule has 7 heteroatoms. The van der Waals surface area contributed by atoms with Gasteiger partial charge in [0, 0.05) is 38.2 Å². The maximum Gasteiger partial charge on any atom is 0.433 e. The Hall–Kier alpha value is -1.79. The van der Waals surface area contributed by atoms with Crippen LogP contribution >= 0.6 is 0 Å². The second-order valence-electron chi connectivity index (χ2n) is 4.33. The maximum absolute atomic E-state index is 12.5. The summed E-state index contributed by atoms with van der Waals surface area (Å²) in [5.74, 6) is 0.159. The molecule has 0 aromatic carbocycles. The van der Waals surface area contributed by atoms with Gasteiger partial charge in [-0.15, -0.1) is 0 Å². The topological polar surface area (TPSA) is 42.4 Å². The highest BCUT2D eigenvalue weighted by molar-refractivity contribution is 5.47. The van der Waals surface area contributed by atoms with Crippen LogP contribution in [0.3, 0.4) is 0 Å². The molecular weight excluding hydrogens is 261 g/mol. The Morgan fingerprint density at radius 3 is 2.63 bits per heavy atom. The summed E-state index contributed by atoms with van der Waals surface area (Å²) in [7, 11) is 0.